The van der Waals surface area contributed by atoms with Crippen LogP contribution in [0, 0.1) is 10.1 Å². The highest BCUT2D eigenvalue weighted by Crippen LogP contribution is 2.36. The van der Waals surface area contributed by atoms with Crippen LogP contribution in [-0.4, -0.2) is 28.5 Å². The number of alkyl halides is 3. The fraction of sp³-hybridized carbons (Fsp3) is 0.222. The first-order valence-electron chi connectivity index (χ1n) is 8.83. The monoisotopic (exact) mass is 488 g/mol. The Morgan fingerprint density at radius 1 is 1.16 bits per heavy atom. The minimum atomic E-state index is -4.71. The Morgan fingerprint density at radius 3 is 2.62 bits per heavy atom. The number of ether oxygens (including phenoxy) is 2. The van der Waals surface area contributed by atoms with Crippen molar-refractivity contribution in [3.8, 4) is 11.5 Å². The van der Waals surface area contributed by atoms with E-state index in [4.69, 9.17) is 21.7 Å². The van der Waals surface area contributed by atoms with Crippen molar-refractivity contribution in [2.45, 2.75) is 17.6 Å². The Labute approximate surface area is 188 Å². The maximum atomic E-state index is 12.8. The van der Waals surface area contributed by atoms with E-state index in [0.29, 0.717) is 24.1 Å². The van der Waals surface area contributed by atoms with Gasteiger partial charge in [0.05, 0.1) is 21.1 Å². The van der Waals surface area contributed by atoms with Gasteiger partial charge in [-0.05, 0) is 42.0 Å². The van der Waals surface area contributed by atoms with E-state index in [2.05, 4.69) is 16.2 Å². The minimum absolute atomic E-state index is 0.0679. The lowest BCUT2D eigenvalue weighted by molar-refractivity contribution is -0.388. The summed E-state index contributed by atoms with van der Waals surface area (Å²) in [6, 6.07) is 7.48. The fourth-order valence-electron chi connectivity index (χ4n) is 2.54. The summed E-state index contributed by atoms with van der Waals surface area (Å²) in [5, 5.41) is 14.1. The minimum Gasteiger partial charge on any atom is -0.454 e. The van der Waals surface area contributed by atoms with Crippen molar-refractivity contribution >= 4 is 40.7 Å². The van der Waals surface area contributed by atoms with Crippen LogP contribution < -0.4 is 25.6 Å². The molecular formula is C18H15F3N4O5S2. The summed E-state index contributed by atoms with van der Waals surface area (Å²) in [6.07, 6.45) is -4.71. The third-order valence-electron chi connectivity index (χ3n) is 4.05. The van der Waals surface area contributed by atoms with Crippen molar-refractivity contribution in [2.24, 2.45) is 0 Å². The lowest BCUT2D eigenvalue weighted by Gasteiger charge is -2.12. The highest BCUT2D eigenvalue weighted by molar-refractivity contribution is 8.00. The molecule has 0 saturated heterocycles. The van der Waals surface area contributed by atoms with Gasteiger partial charge in [-0.15, -0.1) is 11.8 Å². The van der Waals surface area contributed by atoms with Crippen LogP contribution in [0.4, 0.5) is 18.9 Å². The molecule has 1 heterocycles. The van der Waals surface area contributed by atoms with Crippen molar-refractivity contribution in [2.75, 3.05) is 12.5 Å². The van der Waals surface area contributed by atoms with Crippen molar-refractivity contribution in [1.82, 2.24) is 16.2 Å². The molecule has 0 unspecified atom stereocenters. The molecule has 1 amide bonds. The van der Waals surface area contributed by atoms with Crippen molar-refractivity contribution in [3.63, 3.8) is 0 Å². The molecule has 0 radical (unpaired) electrons. The van der Waals surface area contributed by atoms with Crippen LogP contribution in [0.3, 0.4) is 0 Å². The summed E-state index contributed by atoms with van der Waals surface area (Å²) >= 11 is 5.78. The van der Waals surface area contributed by atoms with Gasteiger partial charge in [-0.3, -0.25) is 25.8 Å². The standard InChI is InChI=1S/C18H15F3N4O5S2/c19-18(20,21)11-2-4-15(12(6-11)25(27)28)32-8-16(26)23-24-17(31)22-7-10-1-3-13-14(5-10)30-9-29-13/h1-6H,7-9H2,(H,23,26)(H2,22,24,31). The molecule has 3 rings (SSSR count). The zero-order chi connectivity index (χ0) is 23.3. The van der Waals surface area contributed by atoms with Gasteiger partial charge in [0.2, 0.25) is 12.7 Å². The summed E-state index contributed by atoms with van der Waals surface area (Å²) in [5.41, 5.74) is 3.77. The SMILES string of the molecule is O=C(CSc1ccc(C(F)(F)F)cc1[N+](=O)[O-])NNC(=S)NCc1ccc2c(c1)OCO2. The Balaban J connectivity index is 1.45. The molecule has 32 heavy (non-hydrogen) atoms. The van der Waals surface area contributed by atoms with E-state index in [1.54, 1.807) is 12.1 Å². The molecule has 9 nitrogen and oxygen atoms in total. The van der Waals surface area contributed by atoms with Crippen LogP contribution in [0.15, 0.2) is 41.3 Å². The van der Waals surface area contributed by atoms with Crippen LogP contribution in [0.2, 0.25) is 0 Å². The van der Waals surface area contributed by atoms with Crippen molar-refractivity contribution < 1.29 is 32.4 Å². The van der Waals surface area contributed by atoms with Gasteiger partial charge < -0.3 is 14.8 Å². The molecule has 0 saturated carbocycles. The molecule has 2 aromatic rings. The first kappa shape index (κ1) is 23.4. The summed E-state index contributed by atoms with van der Waals surface area (Å²) in [7, 11) is 0. The Kier molecular flexibility index (Phi) is 7.25. The number of nitro groups is 1. The first-order chi connectivity index (χ1) is 15.1. The van der Waals surface area contributed by atoms with E-state index >= 15 is 0 Å². The third-order valence-corrected chi connectivity index (χ3v) is 5.36. The van der Waals surface area contributed by atoms with E-state index in [1.165, 1.54) is 0 Å². The quantitative estimate of drug-likeness (QED) is 0.244. The summed E-state index contributed by atoms with van der Waals surface area (Å²) in [4.78, 5) is 22.1. The largest absolute Gasteiger partial charge is 0.454 e. The number of thiocarbonyl (C=S) groups is 1. The lowest BCUT2D eigenvalue weighted by atomic mass is 10.2. The summed E-state index contributed by atoms with van der Waals surface area (Å²) in [5.74, 6) is 0.388. The van der Waals surface area contributed by atoms with Gasteiger partial charge >= 0.3 is 6.18 Å². The average Bonchev–Trinajstić information content (AvgIpc) is 3.21. The van der Waals surface area contributed by atoms with Crippen LogP contribution in [-0.2, 0) is 17.5 Å². The number of benzene rings is 2. The second kappa shape index (κ2) is 9.91. The molecule has 3 N–H and O–H groups in total. The number of halogens is 3. The van der Waals surface area contributed by atoms with Crippen molar-refractivity contribution in [1.29, 1.82) is 0 Å². The number of carbonyl (C=O) groups is 1. The average molecular weight is 488 g/mol. The van der Waals surface area contributed by atoms with Crippen LogP contribution in [0.1, 0.15) is 11.1 Å². The number of hydrogen-bond acceptors (Lipinski definition) is 7. The van der Waals surface area contributed by atoms with Crippen LogP contribution in [0.5, 0.6) is 11.5 Å². The van der Waals surface area contributed by atoms with E-state index in [9.17, 15) is 28.1 Å². The Bertz CT molecular complexity index is 1050. The zero-order valence-corrected chi connectivity index (χ0v) is 17.7. The van der Waals surface area contributed by atoms with Gasteiger partial charge in [0.1, 0.15) is 0 Å². The second-order valence-corrected chi connectivity index (χ2v) is 7.69. The van der Waals surface area contributed by atoms with Gasteiger partial charge in [-0.25, -0.2) is 0 Å². The van der Waals surface area contributed by atoms with Crippen molar-refractivity contribution in [3.05, 3.63) is 57.6 Å². The number of rotatable bonds is 6. The van der Waals surface area contributed by atoms with E-state index in [-0.39, 0.29) is 22.6 Å². The molecule has 0 fully saturated rings. The maximum Gasteiger partial charge on any atom is 0.416 e. The molecular weight excluding hydrogens is 473 g/mol. The molecule has 0 aliphatic carbocycles. The van der Waals surface area contributed by atoms with E-state index in [0.717, 1.165) is 29.5 Å². The molecule has 0 spiro atoms. The summed E-state index contributed by atoms with van der Waals surface area (Å²) < 4.78 is 48.8. The van der Waals surface area contributed by atoms with Gasteiger partial charge in [0.15, 0.2) is 16.6 Å². The van der Waals surface area contributed by atoms with Gasteiger partial charge in [0.25, 0.3) is 5.69 Å². The molecule has 14 heteroatoms. The summed E-state index contributed by atoms with van der Waals surface area (Å²) in [6.45, 7) is 0.497. The number of amides is 1. The highest BCUT2D eigenvalue weighted by atomic mass is 32.2. The van der Waals surface area contributed by atoms with Gasteiger partial charge in [-0.2, -0.15) is 13.2 Å². The lowest BCUT2D eigenvalue weighted by Crippen LogP contribution is -2.47. The number of thioether (sulfide) groups is 1. The van der Waals surface area contributed by atoms with Gasteiger partial charge in [0, 0.05) is 12.6 Å². The number of fused-ring (bicyclic) bond motifs is 1. The maximum absolute atomic E-state index is 12.8. The number of hydrogen-bond donors (Lipinski definition) is 3. The molecule has 0 aromatic heterocycles. The molecule has 0 bridgehead atoms. The predicted molar refractivity (Wildman–Crippen MR) is 112 cm³/mol. The number of carbonyl (C=O) groups excluding carboxylic acids is 1. The van der Waals surface area contributed by atoms with Crippen LogP contribution >= 0.6 is 24.0 Å². The topological polar surface area (TPSA) is 115 Å². The number of nitrogens with one attached hydrogen (secondary N) is 3. The third kappa shape index (κ3) is 6.13. The Morgan fingerprint density at radius 2 is 1.91 bits per heavy atom. The molecule has 0 atom stereocenters. The Hall–Kier alpha value is -3.26. The molecule has 2 aromatic carbocycles. The normalized spacial score (nSPS) is 12.2. The number of nitro benzene ring substituents is 1. The van der Waals surface area contributed by atoms with E-state index < -0.39 is 28.3 Å². The molecule has 170 valence electrons. The number of nitrogens with zero attached hydrogens (tertiary/aromatic N) is 1. The smallest absolute Gasteiger partial charge is 0.416 e. The first-order valence-corrected chi connectivity index (χ1v) is 10.2. The van der Waals surface area contributed by atoms with Crippen LogP contribution in [0.25, 0.3) is 0 Å². The predicted octanol–water partition coefficient (Wildman–Crippen LogP) is 3.13. The molecule has 1 aliphatic heterocycles. The zero-order valence-electron chi connectivity index (χ0n) is 16.0. The number of hydrazine groups is 1. The molecule has 1 aliphatic rings. The van der Waals surface area contributed by atoms with Gasteiger partial charge in [-0.1, -0.05) is 6.07 Å². The fourth-order valence-corrected chi connectivity index (χ4v) is 3.47. The van der Waals surface area contributed by atoms with E-state index in [1.807, 2.05) is 6.07 Å². The second-order valence-electron chi connectivity index (χ2n) is 6.27. The highest BCUT2D eigenvalue weighted by Gasteiger charge is 2.33.